The molecule has 8 heteroatoms. The maximum absolute atomic E-state index is 12.9. The van der Waals surface area contributed by atoms with Crippen LogP contribution in [0, 0.1) is 0 Å². The number of carbonyl (C=O) groups excluding carboxylic acids is 2. The minimum Gasteiger partial charge on any atom is -0.495 e. The SMILES string of the molecule is COc1ccc(C(=O)Nc2ccc(N3CCN(C(=O)c4cc5ccccc5o4)CC3)cc2)cc1Cl. The number of hydrogen-bond acceptors (Lipinski definition) is 5. The Morgan fingerprint density at radius 2 is 1.69 bits per heavy atom. The summed E-state index contributed by atoms with van der Waals surface area (Å²) in [6.45, 7) is 2.63. The average Bonchev–Trinajstić information content (AvgIpc) is 3.33. The van der Waals surface area contributed by atoms with Crippen molar-refractivity contribution in [2.75, 3.05) is 43.5 Å². The second-order valence-electron chi connectivity index (χ2n) is 8.28. The van der Waals surface area contributed by atoms with E-state index in [2.05, 4.69) is 10.2 Å². The average molecular weight is 490 g/mol. The van der Waals surface area contributed by atoms with Crippen molar-refractivity contribution in [2.45, 2.75) is 0 Å². The third-order valence-electron chi connectivity index (χ3n) is 6.11. The number of anilines is 2. The smallest absolute Gasteiger partial charge is 0.289 e. The lowest BCUT2D eigenvalue weighted by Gasteiger charge is -2.35. The molecule has 1 saturated heterocycles. The number of rotatable bonds is 5. The molecule has 178 valence electrons. The maximum Gasteiger partial charge on any atom is 0.289 e. The molecule has 0 radical (unpaired) electrons. The van der Waals surface area contributed by atoms with E-state index in [1.165, 1.54) is 7.11 Å². The highest BCUT2D eigenvalue weighted by molar-refractivity contribution is 6.32. The highest BCUT2D eigenvalue weighted by atomic mass is 35.5. The van der Waals surface area contributed by atoms with Crippen LogP contribution in [0.1, 0.15) is 20.9 Å². The summed E-state index contributed by atoms with van der Waals surface area (Å²) in [6.07, 6.45) is 0. The monoisotopic (exact) mass is 489 g/mol. The molecule has 1 aliphatic rings. The second kappa shape index (κ2) is 9.72. The first-order valence-corrected chi connectivity index (χ1v) is 11.7. The van der Waals surface area contributed by atoms with Gasteiger partial charge in [-0.3, -0.25) is 9.59 Å². The van der Waals surface area contributed by atoms with Gasteiger partial charge in [0.25, 0.3) is 11.8 Å². The Labute approximate surface area is 207 Å². The van der Waals surface area contributed by atoms with E-state index in [-0.39, 0.29) is 11.8 Å². The number of furan rings is 1. The summed E-state index contributed by atoms with van der Waals surface area (Å²) in [6, 6.07) is 22.0. The Morgan fingerprint density at radius 3 is 2.37 bits per heavy atom. The lowest BCUT2D eigenvalue weighted by atomic mass is 10.2. The molecule has 1 N–H and O–H groups in total. The van der Waals surface area contributed by atoms with E-state index in [9.17, 15) is 9.59 Å². The van der Waals surface area contributed by atoms with Crippen molar-refractivity contribution in [1.29, 1.82) is 0 Å². The van der Waals surface area contributed by atoms with Crippen molar-refractivity contribution in [1.82, 2.24) is 4.90 Å². The fourth-order valence-corrected chi connectivity index (χ4v) is 4.44. The number of para-hydroxylation sites is 1. The van der Waals surface area contributed by atoms with Crippen LogP contribution in [-0.4, -0.2) is 50.0 Å². The number of piperazine rings is 1. The number of nitrogens with zero attached hydrogens (tertiary/aromatic N) is 2. The summed E-state index contributed by atoms with van der Waals surface area (Å²) in [5.41, 5.74) is 2.89. The van der Waals surface area contributed by atoms with Crippen LogP contribution in [0.4, 0.5) is 11.4 Å². The molecule has 1 fully saturated rings. The molecule has 0 aliphatic carbocycles. The minimum atomic E-state index is -0.250. The molecule has 0 atom stereocenters. The van der Waals surface area contributed by atoms with Crippen LogP contribution >= 0.6 is 11.6 Å². The number of fused-ring (bicyclic) bond motifs is 1. The molecule has 3 aromatic carbocycles. The summed E-state index contributed by atoms with van der Waals surface area (Å²) >= 11 is 6.13. The molecule has 0 spiro atoms. The zero-order chi connectivity index (χ0) is 24.4. The zero-order valence-electron chi connectivity index (χ0n) is 19.2. The van der Waals surface area contributed by atoms with Gasteiger partial charge in [-0.1, -0.05) is 29.8 Å². The van der Waals surface area contributed by atoms with E-state index in [1.807, 2.05) is 53.4 Å². The van der Waals surface area contributed by atoms with Gasteiger partial charge in [-0.15, -0.1) is 0 Å². The molecular formula is C27H24ClN3O4. The van der Waals surface area contributed by atoms with Crippen molar-refractivity contribution < 1.29 is 18.7 Å². The van der Waals surface area contributed by atoms with Crippen molar-refractivity contribution in [3.63, 3.8) is 0 Å². The topological polar surface area (TPSA) is 75.0 Å². The molecule has 7 nitrogen and oxygen atoms in total. The van der Waals surface area contributed by atoms with Crippen LogP contribution in [0.15, 0.2) is 77.2 Å². The van der Waals surface area contributed by atoms with Gasteiger partial charge >= 0.3 is 0 Å². The fraction of sp³-hybridized carbons (Fsp3) is 0.185. The van der Waals surface area contributed by atoms with Crippen molar-refractivity contribution in [3.05, 3.63) is 89.1 Å². The van der Waals surface area contributed by atoms with E-state index >= 15 is 0 Å². The number of nitrogens with one attached hydrogen (secondary N) is 1. The number of halogens is 1. The van der Waals surface area contributed by atoms with Gasteiger partial charge in [0.2, 0.25) is 0 Å². The third-order valence-corrected chi connectivity index (χ3v) is 6.40. The predicted octanol–water partition coefficient (Wildman–Crippen LogP) is 5.31. The number of carbonyl (C=O) groups is 2. The van der Waals surface area contributed by atoms with Gasteiger partial charge in [-0.25, -0.2) is 0 Å². The van der Waals surface area contributed by atoms with Crippen molar-refractivity contribution >= 4 is 45.8 Å². The lowest BCUT2D eigenvalue weighted by molar-refractivity contribution is 0.0717. The van der Waals surface area contributed by atoms with Gasteiger partial charge in [-0.2, -0.15) is 0 Å². The van der Waals surface area contributed by atoms with Gasteiger partial charge in [-0.05, 0) is 54.6 Å². The molecule has 35 heavy (non-hydrogen) atoms. The van der Waals surface area contributed by atoms with Crippen LogP contribution in [0.2, 0.25) is 5.02 Å². The summed E-state index contributed by atoms with van der Waals surface area (Å²) in [4.78, 5) is 29.5. The van der Waals surface area contributed by atoms with Crippen LogP contribution in [0.5, 0.6) is 5.75 Å². The number of methoxy groups -OCH3 is 1. The van der Waals surface area contributed by atoms with Gasteiger partial charge in [0, 0.05) is 48.5 Å². The van der Waals surface area contributed by atoms with Gasteiger partial charge < -0.3 is 24.3 Å². The Hall–Kier alpha value is -3.97. The molecule has 0 unspecified atom stereocenters. The Bertz CT molecular complexity index is 1340. The molecule has 1 aliphatic heterocycles. The predicted molar refractivity (Wildman–Crippen MR) is 137 cm³/mol. The van der Waals surface area contributed by atoms with E-state index in [0.29, 0.717) is 54.0 Å². The summed E-state index contributed by atoms with van der Waals surface area (Å²) < 4.78 is 10.9. The molecule has 4 aromatic rings. The van der Waals surface area contributed by atoms with Crippen LogP contribution in [-0.2, 0) is 0 Å². The van der Waals surface area contributed by atoms with Crippen LogP contribution in [0.25, 0.3) is 11.0 Å². The number of hydrogen-bond donors (Lipinski definition) is 1. The molecule has 2 heterocycles. The van der Waals surface area contributed by atoms with Crippen molar-refractivity contribution in [3.8, 4) is 5.75 Å². The highest BCUT2D eigenvalue weighted by Crippen LogP contribution is 2.26. The Kier molecular flexibility index (Phi) is 6.33. The summed E-state index contributed by atoms with van der Waals surface area (Å²) in [7, 11) is 1.53. The highest BCUT2D eigenvalue weighted by Gasteiger charge is 2.24. The third kappa shape index (κ3) is 4.81. The Balaban J connectivity index is 1.18. The standard InChI is InChI=1S/C27H24ClN3O4/c1-34-24-11-6-19(16-22(24)28)26(32)29-20-7-9-21(10-8-20)30-12-14-31(15-13-30)27(33)25-17-18-4-2-3-5-23(18)35-25/h2-11,16-17H,12-15H2,1H3,(H,29,32). The number of benzene rings is 3. The Morgan fingerprint density at radius 1 is 0.943 bits per heavy atom. The van der Waals surface area contributed by atoms with Crippen molar-refractivity contribution in [2.24, 2.45) is 0 Å². The van der Waals surface area contributed by atoms with Crippen LogP contribution in [0.3, 0.4) is 0 Å². The summed E-state index contributed by atoms with van der Waals surface area (Å²) in [5.74, 6) is 0.558. The molecular weight excluding hydrogens is 466 g/mol. The van der Waals surface area contributed by atoms with Gasteiger partial charge in [0.15, 0.2) is 5.76 Å². The van der Waals surface area contributed by atoms with Gasteiger partial charge in [0.1, 0.15) is 11.3 Å². The van der Waals surface area contributed by atoms with E-state index < -0.39 is 0 Å². The largest absolute Gasteiger partial charge is 0.495 e. The van der Waals surface area contributed by atoms with Crippen LogP contribution < -0.4 is 15.0 Å². The van der Waals surface area contributed by atoms with Gasteiger partial charge in [0.05, 0.1) is 12.1 Å². The maximum atomic E-state index is 12.9. The molecule has 0 bridgehead atoms. The second-order valence-corrected chi connectivity index (χ2v) is 8.69. The van der Waals surface area contributed by atoms with E-state index in [0.717, 1.165) is 16.7 Å². The number of ether oxygens (including phenoxy) is 1. The summed E-state index contributed by atoms with van der Waals surface area (Å²) in [5, 5.41) is 4.19. The first-order valence-electron chi connectivity index (χ1n) is 11.3. The fourth-order valence-electron chi connectivity index (χ4n) is 4.18. The molecule has 0 saturated carbocycles. The molecule has 2 amide bonds. The van der Waals surface area contributed by atoms with E-state index in [1.54, 1.807) is 24.3 Å². The normalized spacial score (nSPS) is 13.7. The number of amides is 2. The first-order chi connectivity index (χ1) is 17.0. The first kappa shape index (κ1) is 22.8. The minimum absolute atomic E-state index is 0.0856. The lowest BCUT2D eigenvalue weighted by Crippen LogP contribution is -2.48. The molecule has 5 rings (SSSR count). The molecule has 1 aromatic heterocycles. The quantitative estimate of drug-likeness (QED) is 0.411. The zero-order valence-corrected chi connectivity index (χ0v) is 19.9. The van der Waals surface area contributed by atoms with E-state index in [4.69, 9.17) is 20.8 Å².